The monoisotopic (exact) mass is 347 g/mol. The molecule has 0 aliphatic carbocycles. The Morgan fingerprint density at radius 1 is 1.37 bits per heavy atom. The van der Waals surface area contributed by atoms with Crippen LogP contribution in [0.1, 0.15) is 13.3 Å². The van der Waals surface area contributed by atoms with Gasteiger partial charge in [-0.2, -0.15) is 0 Å². The second kappa shape index (κ2) is 6.24. The number of rotatable bonds is 5. The summed E-state index contributed by atoms with van der Waals surface area (Å²) >= 11 is 3.36. The van der Waals surface area contributed by atoms with Crippen molar-refractivity contribution in [1.29, 1.82) is 0 Å². The van der Waals surface area contributed by atoms with Crippen LogP contribution < -0.4 is 5.32 Å². The summed E-state index contributed by atoms with van der Waals surface area (Å²) in [5.41, 5.74) is 0.925. The number of halogens is 1. The van der Waals surface area contributed by atoms with E-state index in [0.29, 0.717) is 19.6 Å². The van der Waals surface area contributed by atoms with E-state index in [9.17, 15) is 8.42 Å². The van der Waals surface area contributed by atoms with E-state index >= 15 is 0 Å². The van der Waals surface area contributed by atoms with Gasteiger partial charge in [-0.1, -0.05) is 15.9 Å². The molecule has 1 N–H and O–H groups in total. The summed E-state index contributed by atoms with van der Waals surface area (Å²) in [5, 5.41) is 2.78. The summed E-state index contributed by atoms with van der Waals surface area (Å²) in [4.78, 5) is 0. The van der Waals surface area contributed by atoms with Crippen molar-refractivity contribution >= 4 is 31.5 Å². The Morgan fingerprint density at radius 2 is 2.05 bits per heavy atom. The molecule has 2 atom stereocenters. The average Bonchev–Trinajstić information content (AvgIpc) is 2.79. The number of hydrogen-bond acceptors (Lipinski definition) is 4. The first-order valence-electron chi connectivity index (χ1n) is 6.31. The van der Waals surface area contributed by atoms with Crippen molar-refractivity contribution in [2.75, 3.05) is 24.2 Å². The smallest absolute Gasteiger partial charge is 0.157 e. The van der Waals surface area contributed by atoms with E-state index in [2.05, 4.69) is 21.2 Å². The lowest BCUT2D eigenvalue weighted by atomic mass is 10.3. The molecule has 0 saturated carbocycles. The molecule has 6 heteroatoms. The molecule has 2 unspecified atom stereocenters. The van der Waals surface area contributed by atoms with Gasteiger partial charge >= 0.3 is 0 Å². The molecule has 1 fully saturated rings. The van der Waals surface area contributed by atoms with Gasteiger partial charge in [0.2, 0.25) is 0 Å². The minimum absolute atomic E-state index is 0.140. The Balaban J connectivity index is 1.86. The third-order valence-electron chi connectivity index (χ3n) is 3.33. The molecule has 19 heavy (non-hydrogen) atoms. The summed E-state index contributed by atoms with van der Waals surface area (Å²) in [6, 6.07) is 7.67. The highest BCUT2D eigenvalue weighted by Crippen LogP contribution is 2.21. The van der Waals surface area contributed by atoms with Crippen LogP contribution in [0.25, 0.3) is 0 Å². The molecular formula is C13H18BrNO3S. The molecule has 2 rings (SSSR count). The number of ether oxygens (including phenoxy) is 1. The Kier molecular flexibility index (Phi) is 4.86. The van der Waals surface area contributed by atoms with Gasteiger partial charge in [-0.3, -0.25) is 0 Å². The summed E-state index contributed by atoms with van der Waals surface area (Å²) < 4.78 is 30.6. The Morgan fingerprint density at radius 3 is 2.63 bits per heavy atom. The van der Waals surface area contributed by atoms with Crippen molar-refractivity contribution in [1.82, 2.24) is 0 Å². The molecule has 0 spiro atoms. The van der Waals surface area contributed by atoms with Crippen LogP contribution in [0.2, 0.25) is 0 Å². The number of anilines is 1. The Hall–Kier alpha value is -0.590. The highest BCUT2D eigenvalue weighted by Gasteiger charge is 2.35. The zero-order valence-electron chi connectivity index (χ0n) is 10.8. The van der Waals surface area contributed by atoms with Crippen molar-refractivity contribution in [3.8, 4) is 0 Å². The van der Waals surface area contributed by atoms with Gasteiger partial charge in [-0.25, -0.2) is 8.42 Å². The average molecular weight is 348 g/mol. The van der Waals surface area contributed by atoms with E-state index in [1.165, 1.54) is 0 Å². The summed E-state index contributed by atoms with van der Waals surface area (Å²) in [5.74, 6) is 0.140. The third-order valence-corrected chi connectivity index (χ3v) is 6.17. The summed E-state index contributed by atoms with van der Waals surface area (Å²) in [7, 11) is -3.08. The first-order valence-corrected chi connectivity index (χ1v) is 8.82. The van der Waals surface area contributed by atoms with Crippen LogP contribution in [-0.2, 0) is 14.6 Å². The van der Waals surface area contributed by atoms with Gasteiger partial charge in [0.15, 0.2) is 9.84 Å². The van der Waals surface area contributed by atoms with Crippen LogP contribution in [0, 0.1) is 0 Å². The molecule has 1 saturated heterocycles. The quantitative estimate of drug-likeness (QED) is 0.888. The third kappa shape index (κ3) is 3.94. The topological polar surface area (TPSA) is 55.4 Å². The van der Waals surface area contributed by atoms with Crippen LogP contribution >= 0.6 is 15.9 Å². The number of hydrogen-bond donors (Lipinski definition) is 1. The SMILES string of the molecule is CC1OCCC1S(=O)(=O)CCNc1ccc(Br)cc1. The first kappa shape index (κ1) is 14.8. The standard InChI is InChI=1S/C13H18BrNO3S/c1-10-13(6-8-18-10)19(16,17)9-7-15-12-4-2-11(14)3-5-12/h2-5,10,13,15H,6-9H2,1H3. The van der Waals surface area contributed by atoms with Crippen molar-refractivity contribution in [2.45, 2.75) is 24.7 Å². The van der Waals surface area contributed by atoms with Gasteiger partial charge in [0.1, 0.15) is 0 Å². The molecule has 1 aliphatic rings. The fraction of sp³-hybridized carbons (Fsp3) is 0.538. The number of sulfone groups is 1. The van der Waals surface area contributed by atoms with Gasteiger partial charge in [0.25, 0.3) is 0 Å². The highest BCUT2D eigenvalue weighted by atomic mass is 79.9. The molecule has 106 valence electrons. The molecule has 1 aromatic carbocycles. The molecule has 1 aromatic rings. The van der Waals surface area contributed by atoms with Crippen LogP contribution in [0.3, 0.4) is 0 Å². The van der Waals surface area contributed by atoms with E-state index < -0.39 is 9.84 Å². The molecule has 1 heterocycles. The second-order valence-electron chi connectivity index (χ2n) is 4.70. The van der Waals surface area contributed by atoms with Crippen molar-refractivity contribution < 1.29 is 13.2 Å². The zero-order valence-corrected chi connectivity index (χ0v) is 13.2. The maximum absolute atomic E-state index is 12.2. The fourth-order valence-electron chi connectivity index (χ4n) is 2.24. The molecule has 0 aromatic heterocycles. The molecule has 0 amide bonds. The first-order chi connectivity index (χ1) is 8.99. The van der Waals surface area contributed by atoms with E-state index in [1.807, 2.05) is 31.2 Å². The Labute approximate surface area is 122 Å². The molecule has 1 aliphatic heterocycles. The number of nitrogens with one attached hydrogen (secondary N) is 1. The van der Waals surface area contributed by atoms with Crippen molar-refractivity contribution in [3.05, 3.63) is 28.7 Å². The minimum Gasteiger partial charge on any atom is -0.384 e. The fourth-order valence-corrected chi connectivity index (χ4v) is 4.31. The lowest BCUT2D eigenvalue weighted by Gasteiger charge is -2.15. The maximum atomic E-state index is 12.2. The van der Waals surface area contributed by atoms with Gasteiger partial charge in [0, 0.05) is 23.3 Å². The summed E-state index contributed by atoms with van der Waals surface area (Å²) in [6.45, 7) is 2.80. The molecule has 0 bridgehead atoms. The number of benzene rings is 1. The van der Waals surface area contributed by atoms with Crippen LogP contribution in [0.15, 0.2) is 28.7 Å². The lowest BCUT2D eigenvalue weighted by molar-refractivity contribution is 0.126. The molecule has 4 nitrogen and oxygen atoms in total. The van der Waals surface area contributed by atoms with Gasteiger partial charge in [-0.15, -0.1) is 0 Å². The van der Waals surface area contributed by atoms with Gasteiger partial charge < -0.3 is 10.1 Å². The van der Waals surface area contributed by atoms with E-state index in [1.54, 1.807) is 0 Å². The summed E-state index contributed by atoms with van der Waals surface area (Å²) in [6.07, 6.45) is 0.430. The van der Waals surface area contributed by atoms with Crippen molar-refractivity contribution in [2.24, 2.45) is 0 Å². The van der Waals surface area contributed by atoms with Crippen molar-refractivity contribution in [3.63, 3.8) is 0 Å². The van der Waals surface area contributed by atoms with E-state index in [0.717, 1.165) is 10.2 Å². The van der Waals surface area contributed by atoms with Crippen LogP contribution in [0.5, 0.6) is 0 Å². The highest BCUT2D eigenvalue weighted by molar-refractivity contribution is 9.10. The largest absolute Gasteiger partial charge is 0.384 e. The zero-order chi connectivity index (χ0) is 13.9. The predicted octanol–water partition coefficient (Wildman–Crippen LogP) is 2.45. The normalized spacial score (nSPS) is 23.5. The molecular weight excluding hydrogens is 330 g/mol. The van der Waals surface area contributed by atoms with Crippen LogP contribution in [0.4, 0.5) is 5.69 Å². The van der Waals surface area contributed by atoms with Crippen LogP contribution in [-0.4, -0.2) is 38.7 Å². The van der Waals surface area contributed by atoms with E-state index in [-0.39, 0.29) is 17.1 Å². The molecule has 0 radical (unpaired) electrons. The lowest BCUT2D eigenvalue weighted by Crippen LogP contribution is -2.32. The predicted molar refractivity (Wildman–Crippen MR) is 80.2 cm³/mol. The van der Waals surface area contributed by atoms with Gasteiger partial charge in [-0.05, 0) is 37.6 Å². The van der Waals surface area contributed by atoms with E-state index in [4.69, 9.17) is 4.74 Å². The Bertz CT molecular complexity index is 515. The maximum Gasteiger partial charge on any atom is 0.157 e. The van der Waals surface area contributed by atoms with Gasteiger partial charge in [0.05, 0.1) is 17.1 Å². The minimum atomic E-state index is -3.08. The second-order valence-corrected chi connectivity index (χ2v) is 7.96.